The number of aromatic nitrogens is 1. The molecule has 0 bridgehead atoms. The Morgan fingerprint density at radius 2 is 1.95 bits per heavy atom. The van der Waals surface area contributed by atoms with E-state index in [4.69, 9.17) is 0 Å². The fourth-order valence-electron chi connectivity index (χ4n) is 2.22. The number of likely N-dealkylation sites (N-methyl/N-ethyl adjacent to an activating group) is 1. The molecule has 1 unspecified atom stereocenters. The van der Waals surface area contributed by atoms with Gasteiger partial charge in [0.05, 0.1) is 0 Å². The van der Waals surface area contributed by atoms with Gasteiger partial charge in [0.1, 0.15) is 0 Å². The van der Waals surface area contributed by atoms with Crippen LogP contribution in [0.4, 0.5) is 0 Å². The van der Waals surface area contributed by atoms with Crippen molar-refractivity contribution in [2.45, 2.75) is 24.3 Å². The van der Waals surface area contributed by atoms with E-state index in [2.05, 4.69) is 53.8 Å². The van der Waals surface area contributed by atoms with Gasteiger partial charge in [0.25, 0.3) is 0 Å². The van der Waals surface area contributed by atoms with Crippen molar-refractivity contribution < 1.29 is 0 Å². The van der Waals surface area contributed by atoms with Crippen molar-refractivity contribution in [1.82, 2.24) is 10.3 Å². The number of hydrogen-bond acceptors (Lipinski definition) is 3. The van der Waals surface area contributed by atoms with E-state index in [0.717, 1.165) is 18.7 Å². The monoisotopic (exact) mass is 272 g/mol. The predicted octanol–water partition coefficient (Wildman–Crippen LogP) is 3.70. The first-order valence-electron chi connectivity index (χ1n) is 6.61. The molecule has 1 aromatic carbocycles. The van der Waals surface area contributed by atoms with Crippen molar-refractivity contribution in [3.05, 3.63) is 59.9 Å². The summed E-state index contributed by atoms with van der Waals surface area (Å²) in [5.74, 6) is 0. The second-order valence-corrected chi connectivity index (χ2v) is 5.23. The molecule has 2 nitrogen and oxygen atoms in total. The molecule has 0 saturated heterocycles. The summed E-state index contributed by atoms with van der Waals surface area (Å²) in [6, 6.07) is 15.0. The quantitative estimate of drug-likeness (QED) is 0.812. The lowest BCUT2D eigenvalue weighted by molar-refractivity contribution is 0.537. The SMILES string of the molecule is CCNC(Cc1ccccn1)c1ccccc1SC. The van der Waals surface area contributed by atoms with Crippen LogP contribution in [0.3, 0.4) is 0 Å². The van der Waals surface area contributed by atoms with Gasteiger partial charge in [0.2, 0.25) is 0 Å². The number of nitrogens with zero attached hydrogens (tertiary/aromatic N) is 1. The van der Waals surface area contributed by atoms with Crippen molar-refractivity contribution in [3.63, 3.8) is 0 Å². The number of thioether (sulfide) groups is 1. The van der Waals surface area contributed by atoms with Crippen LogP contribution in [-0.4, -0.2) is 17.8 Å². The Bertz CT molecular complexity index is 499. The third-order valence-electron chi connectivity index (χ3n) is 3.10. The maximum atomic E-state index is 4.43. The third kappa shape index (κ3) is 3.82. The molecule has 1 N–H and O–H groups in total. The number of rotatable bonds is 6. The molecular weight excluding hydrogens is 252 g/mol. The summed E-state index contributed by atoms with van der Waals surface area (Å²) in [6.45, 7) is 3.10. The summed E-state index contributed by atoms with van der Waals surface area (Å²) in [7, 11) is 0. The number of pyridine rings is 1. The highest BCUT2D eigenvalue weighted by molar-refractivity contribution is 7.98. The van der Waals surface area contributed by atoms with Crippen LogP contribution in [0.15, 0.2) is 53.6 Å². The average molecular weight is 272 g/mol. The normalized spacial score (nSPS) is 12.3. The molecule has 0 aliphatic rings. The van der Waals surface area contributed by atoms with Crippen molar-refractivity contribution in [3.8, 4) is 0 Å². The van der Waals surface area contributed by atoms with Crippen LogP contribution >= 0.6 is 11.8 Å². The molecule has 1 heterocycles. The predicted molar refractivity (Wildman–Crippen MR) is 82.6 cm³/mol. The minimum Gasteiger partial charge on any atom is -0.310 e. The first-order valence-corrected chi connectivity index (χ1v) is 7.83. The van der Waals surface area contributed by atoms with Crippen molar-refractivity contribution in [2.75, 3.05) is 12.8 Å². The van der Waals surface area contributed by atoms with Gasteiger partial charge < -0.3 is 5.32 Å². The molecule has 3 heteroatoms. The van der Waals surface area contributed by atoms with Gasteiger partial charge in [0.15, 0.2) is 0 Å². The first-order chi connectivity index (χ1) is 9.35. The fraction of sp³-hybridized carbons (Fsp3) is 0.312. The second kappa shape index (κ2) is 7.31. The van der Waals surface area contributed by atoms with Gasteiger partial charge in [-0.15, -0.1) is 11.8 Å². The third-order valence-corrected chi connectivity index (χ3v) is 3.92. The summed E-state index contributed by atoms with van der Waals surface area (Å²) in [4.78, 5) is 5.77. The van der Waals surface area contributed by atoms with E-state index in [9.17, 15) is 0 Å². The van der Waals surface area contributed by atoms with E-state index in [0.29, 0.717) is 6.04 Å². The lowest BCUT2D eigenvalue weighted by atomic mass is 10.0. The number of benzene rings is 1. The fourth-order valence-corrected chi connectivity index (χ4v) is 2.88. The molecule has 1 atom stereocenters. The van der Waals surface area contributed by atoms with Gasteiger partial charge in [-0.05, 0) is 36.6 Å². The van der Waals surface area contributed by atoms with Crippen molar-refractivity contribution in [1.29, 1.82) is 0 Å². The van der Waals surface area contributed by atoms with E-state index in [1.807, 2.05) is 18.3 Å². The van der Waals surface area contributed by atoms with Gasteiger partial charge in [-0.2, -0.15) is 0 Å². The average Bonchev–Trinajstić information content (AvgIpc) is 2.48. The van der Waals surface area contributed by atoms with Crippen LogP contribution in [-0.2, 0) is 6.42 Å². The van der Waals surface area contributed by atoms with Crippen LogP contribution in [0.1, 0.15) is 24.2 Å². The van der Waals surface area contributed by atoms with Gasteiger partial charge in [-0.1, -0.05) is 31.2 Å². The molecule has 0 saturated carbocycles. The second-order valence-electron chi connectivity index (χ2n) is 4.38. The van der Waals surface area contributed by atoms with E-state index in [-0.39, 0.29) is 0 Å². The largest absolute Gasteiger partial charge is 0.310 e. The summed E-state index contributed by atoms with van der Waals surface area (Å²) in [5, 5.41) is 3.57. The molecule has 0 aliphatic carbocycles. The van der Waals surface area contributed by atoms with Crippen LogP contribution in [0, 0.1) is 0 Å². The molecule has 2 rings (SSSR count). The van der Waals surface area contributed by atoms with Crippen LogP contribution < -0.4 is 5.32 Å². The molecule has 0 amide bonds. The van der Waals surface area contributed by atoms with E-state index < -0.39 is 0 Å². The number of hydrogen-bond donors (Lipinski definition) is 1. The summed E-state index contributed by atoms with van der Waals surface area (Å²) >= 11 is 1.80. The smallest absolute Gasteiger partial charge is 0.0422 e. The van der Waals surface area contributed by atoms with Crippen LogP contribution in [0.2, 0.25) is 0 Å². The molecule has 19 heavy (non-hydrogen) atoms. The van der Waals surface area contributed by atoms with Gasteiger partial charge in [0, 0.05) is 29.2 Å². The zero-order valence-electron chi connectivity index (χ0n) is 11.5. The minimum absolute atomic E-state index is 0.323. The molecular formula is C16H20N2S. The molecule has 0 fully saturated rings. The van der Waals surface area contributed by atoms with Gasteiger partial charge in [-0.3, -0.25) is 4.98 Å². The zero-order chi connectivity index (χ0) is 13.5. The highest BCUT2D eigenvalue weighted by Gasteiger charge is 2.14. The molecule has 2 aromatic rings. The Balaban J connectivity index is 2.24. The zero-order valence-corrected chi connectivity index (χ0v) is 12.3. The maximum Gasteiger partial charge on any atom is 0.0422 e. The van der Waals surface area contributed by atoms with Crippen LogP contribution in [0.25, 0.3) is 0 Å². The standard InChI is InChI=1S/C16H20N2S/c1-3-17-15(12-13-8-6-7-11-18-13)14-9-4-5-10-16(14)19-2/h4-11,15,17H,3,12H2,1-2H3. The van der Waals surface area contributed by atoms with E-state index in [1.165, 1.54) is 10.5 Å². The lowest BCUT2D eigenvalue weighted by Crippen LogP contribution is -2.23. The molecule has 1 aromatic heterocycles. The Morgan fingerprint density at radius 3 is 2.63 bits per heavy atom. The summed E-state index contributed by atoms with van der Waals surface area (Å²) in [5.41, 5.74) is 2.49. The van der Waals surface area contributed by atoms with Gasteiger partial charge in [-0.25, -0.2) is 0 Å². The Morgan fingerprint density at radius 1 is 1.16 bits per heavy atom. The first kappa shape index (κ1) is 14.1. The molecule has 0 radical (unpaired) electrons. The minimum atomic E-state index is 0.323. The summed E-state index contributed by atoms with van der Waals surface area (Å²) in [6.07, 6.45) is 4.91. The van der Waals surface area contributed by atoms with Crippen molar-refractivity contribution >= 4 is 11.8 Å². The molecule has 100 valence electrons. The highest BCUT2D eigenvalue weighted by Crippen LogP contribution is 2.27. The van der Waals surface area contributed by atoms with E-state index in [1.54, 1.807) is 11.8 Å². The van der Waals surface area contributed by atoms with Crippen molar-refractivity contribution in [2.24, 2.45) is 0 Å². The summed E-state index contributed by atoms with van der Waals surface area (Å²) < 4.78 is 0. The van der Waals surface area contributed by atoms with Gasteiger partial charge >= 0.3 is 0 Å². The Hall–Kier alpha value is -1.32. The highest BCUT2D eigenvalue weighted by atomic mass is 32.2. The van der Waals surface area contributed by atoms with E-state index >= 15 is 0 Å². The Labute approximate surface area is 119 Å². The Kier molecular flexibility index (Phi) is 5.43. The maximum absolute atomic E-state index is 4.43. The number of nitrogens with one attached hydrogen (secondary N) is 1. The lowest BCUT2D eigenvalue weighted by Gasteiger charge is -2.20. The molecule has 0 aliphatic heterocycles. The van der Waals surface area contributed by atoms with Crippen LogP contribution in [0.5, 0.6) is 0 Å². The topological polar surface area (TPSA) is 24.9 Å². The molecule has 0 spiro atoms.